The number of benzene rings is 1. The van der Waals surface area contributed by atoms with Crippen molar-refractivity contribution in [3.05, 3.63) is 48.0 Å². The normalized spacial score (nSPS) is 10.7. The highest BCUT2D eigenvalue weighted by molar-refractivity contribution is 7.22. The van der Waals surface area contributed by atoms with Gasteiger partial charge < -0.3 is 5.11 Å². The van der Waals surface area contributed by atoms with Gasteiger partial charge in [-0.1, -0.05) is 17.4 Å². The predicted octanol–water partition coefficient (Wildman–Crippen LogP) is 2.79. The van der Waals surface area contributed by atoms with Crippen LogP contribution in [0.2, 0.25) is 0 Å². The number of carbonyl (C=O) groups excluding carboxylic acids is 1. The first-order valence-electron chi connectivity index (χ1n) is 5.65. The lowest BCUT2D eigenvalue weighted by Gasteiger charge is -2.00. The minimum absolute atomic E-state index is 0.0212. The highest BCUT2D eigenvalue weighted by atomic mass is 32.1. The van der Waals surface area contributed by atoms with E-state index in [1.807, 2.05) is 0 Å². The third-order valence-corrected chi connectivity index (χ3v) is 3.47. The summed E-state index contributed by atoms with van der Waals surface area (Å²) in [5, 5.41) is 12.3. The lowest BCUT2D eigenvalue weighted by molar-refractivity contribution is 0.102. The molecular weight excluding hydrogens is 281 g/mol. The third-order valence-electron chi connectivity index (χ3n) is 2.54. The number of phenols is 1. The zero-order chi connectivity index (χ0) is 14.1. The number of hydrogen-bond acceptors (Lipinski definition) is 5. The van der Waals surface area contributed by atoms with Crippen LogP contribution in [0.25, 0.3) is 10.2 Å². The van der Waals surface area contributed by atoms with Crippen LogP contribution in [0.5, 0.6) is 5.75 Å². The van der Waals surface area contributed by atoms with Crippen LogP contribution in [-0.2, 0) is 0 Å². The lowest BCUT2D eigenvalue weighted by Crippen LogP contribution is -2.13. The quantitative estimate of drug-likeness (QED) is 0.711. The predicted molar refractivity (Wildman–Crippen MR) is 73.4 cm³/mol. The van der Waals surface area contributed by atoms with Gasteiger partial charge in [0.15, 0.2) is 5.13 Å². The zero-order valence-electron chi connectivity index (χ0n) is 10.0. The van der Waals surface area contributed by atoms with Crippen LogP contribution >= 0.6 is 11.3 Å². The summed E-state index contributed by atoms with van der Waals surface area (Å²) in [7, 11) is 0. The van der Waals surface area contributed by atoms with E-state index in [2.05, 4.69) is 15.3 Å². The average Bonchev–Trinajstić information content (AvgIpc) is 2.80. The summed E-state index contributed by atoms with van der Waals surface area (Å²) >= 11 is 1.21. The molecule has 1 amide bonds. The second-order valence-electron chi connectivity index (χ2n) is 3.97. The molecule has 0 aliphatic rings. The Morgan fingerprint density at radius 1 is 1.25 bits per heavy atom. The van der Waals surface area contributed by atoms with Crippen molar-refractivity contribution in [1.82, 2.24) is 9.97 Å². The molecule has 0 radical (unpaired) electrons. The van der Waals surface area contributed by atoms with Crippen molar-refractivity contribution in [3.8, 4) is 5.75 Å². The van der Waals surface area contributed by atoms with E-state index < -0.39 is 11.9 Å². The zero-order valence-corrected chi connectivity index (χ0v) is 10.8. The maximum absolute atomic E-state index is 12.9. The molecule has 2 aromatic heterocycles. The van der Waals surface area contributed by atoms with Crippen LogP contribution in [0.3, 0.4) is 0 Å². The molecule has 20 heavy (non-hydrogen) atoms. The minimum Gasteiger partial charge on any atom is -0.508 e. The molecule has 0 fully saturated rings. The first-order valence-corrected chi connectivity index (χ1v) is 6.47. The van der Waals surface area contributed by atoms with Crippen LogP contribution in [-0.4, -0.2) is 21.0 Å². The molecule has 0 aliphatic heterocycles. The second kappa shape index (κ2) is 4.86. The Morgan fingerprint density at radius 3 is 2.90 bits per heavy atom. The summed E-state index contributed by atoms with van der Waals surface area (Å²) < 4.78 is 13.7. The summed E-state index contributed by atoms with van der Waals surface area (Å²) in [5.74, 6) is -1.12. The van der Waals surface area contributed by atoms with Crippen molar-refractivity contribution < 1.29 is 14.3 Å². The highest BCUT2D eigenvalue weighted by Gasteiger charge is 2.11. The maximum Gasteiger partial charge on any atom is 0.276 e. The van der Waals surface area contributed by atoms with Crippen molar-refractivity contribution in [1.29, 1.82) is 0 Å². The van der Waals surface area contributed by atoms with Crippen LogP contribution in [0.15, 0.2) is 36.4 Å². The molecule has 0 atom stereocenters. The number of fused-ring (bicyclic) bond motifs is 1. The summed E-state index contributed by atoms with van der Waals surface area (Å²) in [4.78, 5) is 19.6. The number of rotatable bonds is 2. The third kappa shape index (κ3) is 2.43. The van der Waals surface area contributed by atoms with Gasteiger partial charge in [-0.2, -0.15) is 4.39 Å². The van der Waals surface area contributed by atoms with Gasteiger partial charge in [0.05, 0.1) is 10.2 Å². The Morgan fingerprint density at radius 2 is 2.10 bits per heavy atom. The monoisotopic (exact) mass is 289 g/mol. The van der Waals surface area contributed by atoms with Crippen LogP contribution in [0.4, 0.5) is 9.52 Å². The number of thiazole rings is 1. The molecule has 1 aromatic carbocycles. The summed E-state index contributed by atoms with van der Waals surface area (Å²) in [6.07, 6.45) is 0. The Bertz CT molecular complexity index is 803. The fraction of sp³-hybridized carbons (Fsp3) is 0. The van der Waals surface area contributed by atoms with Crippen LogP contribution in [0.1, 0.15) is 10.5 Å². The first-order chi connectivity index (χ1) is 9.61. The SMILES string of the molecule is O=C(Nc1nc2ccc(O)cc2s1)c1cccc(F)n1. The van der Waals surface area contributed by atoms with Crippen LogP contribution in [0, 0.1) is 5.95 Å². The van der Waals surface area contributed by atoms with Crippen LogP contribution < -0.4 is 5.32 Å². The van der Waals surface area contributed by atoms with E-state index in [0.29, 0.717) is 10.6 Å². The van der Waals surface area contributed by atoms with Gasteiger partial charge in [0, 0.05) is 0 Å². The fourth-order valence-electron chi connectivity index (χ4n) is 1.66. The summed E-state index contributed by atoms with van der Waals surface area (Å²) in [5.41, 5.74) is 0.641. The van der Waals surface area contributed by atoms with Gasteiger partial charge in [-0.25, -0.2) is 9.97 Å². The Kier molecular flexibility index (Phi) is 3.03. The molecule has 0 unspecified atom stereocenters. The van der Waals surface area contributed by atoms with E-state index in [9.17, 15) is 14.3 Å². The minimum atomic E-state index is -0.716. The molecule has 0 saturated carbocycles. The van der Waals surface area contributed by atoms with E-state index >= 15 is 0 Å². The van der Waals surface area contributed by atoms with Gasteiger partial charge in [-0.15, -0.1) is 0 Å². The van der Waals surface area contributed by atoms with E-state index in [0.717, 1.165) is 10.8 Å². The van der Waals surface area contributed by atoms with Gasteiger partial charge >= 0.3 is 0 Å². The molecular formula is C13H8FN3O2S. The molecule has 0 spiro atoms. The summed E-state index contributed by atoms with van der Waals surface area (Å²) in [6, 6.07) is 8.71. The average molecular weight is 289 g/mol. The van der Waals surface area contributed by atoms with Crippen molar-refractivity contribution in [2.24, 2.45) is 0 Å². The van der Waals surface area contributed by atoms with Gasteiger partial charge in [-0.05, 0) is 30.3 Å². The number of aromatic hydroxyl groups is 1. The number of nitrogens with one attached hydrogen (secondary N) is 1. The van der Waals surface area contributed by atoms with Crippen molar-refractivity contribution in [2.75, 3.05) is 5.32 Å². The first kappa shape index (κ1) is 12.5. The van der Waals surface area contributed by atoms with Crippen molar-refractivity contribution in [2.45, 2.75) is 0 Å². The highest BCUT2D eigenvalue weighted by Crippen LogP contribution is 2.28. The number of hydrogen-bond donors (Lipinski definition) is 2. The van der Waals surface area contributed by atoms with Crippen molar-refractivity contribution >= 4 is 32.6 Å². The number of pyridine rings is 1. The number of carbonyl (C=O) groups is 1. The number of phenolic OH excluding ortho intramolecular Hbond substituents is 1. The standard InChI is InChI=1S/C13H8FN3O2S/c14-11-3-1-2-9(15-11)12(19)17-13-16-8-5-4-7(18)6-10(8)20-13/h1-6,18H,(H,16,17,19). The Balaban J connectivity index is 1.87. The molecule has 0 bridgehead atoms. The van der Waals surface area contributed by atoms with Gasteiger partial charge in [0.2, 0.25) is 5.95 Å². The smallest absolute Gasteiger partial charge is 0.276 e. The summed E-state index contributed by atoms with van der Waals surface area (Å²) in [6.45, 7) is 0. The van der Waals surface area contributed by atoms with Gasteiger partial charge in [0.25, 0.3) is 5.91 Å². The van der Waals surface area contributed by atoms with Gasteiger partial charge in [0.1, 0.15) is 11.4 Å². The number of halogens is 1. The molecule has 2 N–H and O–H groups in total. The topological polar surface area (TPSA) is 75.1 Å². The maximum atomic E-state index is 12.9. The fourth-order valence-corrected chi connectivity index (χ4v) is 2.56. The molecule has 0 saturated heterocycles. The lowest BCUT2D eigenvalue weighted by atomic mass is 10.3. The largest absolute Gasteiger partial charge is 0.508 e. The Labute approximate surface area is 116 Å². The molecule has 3 rings (SSSR count). The van der Waals surface area contributed by atoms with Crippen molar-refractivity contribution in [3.63, 3.8) is 0 Å². The van der Waals surface area contributed by atoms with E-state index in [-0.39, 0.29) is 11.4 Å². The Hall–Kier alpha value is -2.54. The molecule has 3 aromatic rings. The van der Waals surface area contributed by atoms with E-state index in [1.165, 1.54) is 29.5 Å². The van der Waals surface area contributed by atoms with Gasteiger partial charge in [-0.3, -0.25) is 10.1 Å². The van der Waals surface area contributed by atoms with E-state index in [1.54, 1.807) is 12.1 Å². The number of amides is 1. The molecule has 0 aliphatic carbocycles. The van der Waals surface area contributed by atoms with E-state index in [4.69, 9.17) is 0 Å². The number of anilines is 1. The molecule has 5 nitrogen and oxygen atoms in total. The molecule has 100 valence electrons. The number of nitrogens with zero attached hydrogens (tertiary/aromatic N) is 2. The molecule has 2 heterocycles. The second-order valence-corrected chi connectivity index (χ2v) is 5.00. The number of aromatic nitrogens is 2. The molecule has 7 heteroatoms.